The van der Waals surface area contributed by atoms with Crippen LogP contribution in [0, 0.1) is 0 Å². The van der Waals surface area contributed by atoms with Crippen LogP contribution in [0.15, 0.2) is 54.9 Å². The Morgan fingerprint density at radius 3 is 2.55 bits per heavy atom. The van der Waals surface area contributed by atoms with Gasteiger partial charge in [-0.1, -0.05) is 18.2 Å². The lowest BCUT2D eigenvalue weighted by molar-refractivity contribution is -0.137. The minimum atomic E-state index is -4.59. The molecule has 4 nitrogen and oxygen atoms in total. The first-order valence-electron chi connectivity index (χ1n) is 6.36. The topological polar surface area (TPSA) is 46.4 Å². The average Bonchev–Trinajstić information content (AvgIpc) is 2.88. The molecule has 1 amide bonds. The van der Waals surface area contributed by atoms with Crippen LogP contribution in [0.1, 0.15) is 15.9 Å². The van der Waals surface area contributed by atoms with E-state index in [4.69, 9.17) is 0 Å². The quantitative estimate of drug-likeness (QED) is 0.786. The summed E-state index contributed by atoms with van der Waals surface area (Å²) in [4.78, 5) is 16.2. The van der Waals surface area contributed by atoms with Gasteiger partial charge in [0.2, 0.25) is 0 Å². The van der Waals surface area contributed by atoms with Crippen molar-refractivity contribution in [3.05, 3.63) is 66.0 Å². The second kappa shape index (κ2) is 5.18. The molecule has 0 fully saturated rings. The average molecular weight is 305 g/mol. The SMILES string of the molecule is O=C(Nc1cn2ccccc2n1)c1ccccc1C(F)(F)F. The summed E-state index contributed by atoms with van der Waals surface area (Å²) in [5, 5.41) is 2.39. The number of hydrogen-bond acceptors (Lipinski definition) is 2. The van der Waals surface area contributed by atoms with Gasteiger partial charge in [0.1, 0.15) is 5.65 Å². The van der Waals surface area contributed by atoms with Gasteiger partial charge in [-0.25, -0.2) is 4.98 Å². The number of benzene rings is 1. The van der Waals surface area contributed by atoms with Crippen LogP contribution in [-0.4, -0.2) is 15.3 Å². The van der Waals surface area contributed by atoms with Crippen molar-refractivity contribution in [3.8, 4) is 0 Å². The molecule has 0 spiro atoms. The number of hydrogen-bond donors (Lipinski definition) is 1. The second-order valence-electron chi connectivity index (χ2n) is 4.59. The fourth-order valence-corrected chi connectivity index (χ4v) is 2.11. The summed E-state index contributed by atoms with van der Waals surface area (Å²) < 4.78 is 40.4. The Kier molecular flexibility index (Phi) is 3.32. The Balaban J connectivity index is 1.92. The fourth-order valence-electron chi connectivity index (χ4n) is 2.11. The number of pyridine rings is 1. The number of halogens is 3. The Bertz CT molecular complexity index is 806. The number of alkyl halides is 3. The van der Waals surface area contributed by atoms with Crippen LogP contribution in [0.3, 0.4) is 0 Å². The molecule has 0 saturated carbocycles. The minimum absolute atomic E-state index is 0.188. The lowest BCUT2D eigenvalue weighted by Crippen LogP contribution is -2.18. The summed E-state index contributed by atoms with van der Waals surface area (Å²) in [6.45, 7) is 0. The molecule has 1 N–H and O–H groups in total. The van der Waals surface area contributed by atoms with E-state index < -0.39 is 23.2 Å². The third kappa shape index (κ3) is 2.65. The second-order valence-corrected chi connectivity index (χ2v) is 4.59. The number of aromatic nitrogens is 2. The first-order valence-corrected chi connectivity index (χ1v) is 6.36. The van der Waals surface area contributed by atoms with Crippen molar-refractivity contribution in [2.24, 2.45) is 0 Å². The zero-order chi connectivity index (χ0) is 15.7. The number of amides is 1. The molecule has 0 saturated heterocycles. The number of imidazole rings is 1. The molecule has 2 aromatic heterocycles. The van der Waals surface area contributed by atoms with Crippen molar-refractivity contribution in [1.82, 2.24) is 9.38 Å². The van der Waals surface area contributed by atoms with Crippen molar-refractivity contribution in [2.45, 2.75) is 6.18 Å². The van der Waals surface area contributed by atoms with Crippen molar-refractivity contribution in [3.63, 3.8) is 0 Å². The number of nitrogens with one attached hydrogen (secondary N) is 1. The molecule has 7 heteroatoms. The lowest BCUT2D eigenvalue weighted by atomic mass is 10.1. The Morgan fingerprint density at radius 2 is 1.82 bits per heavy atom. The molecule has 0 aliphatic rings. The highest BCUT2D eigenvalue weighted by molar-refractivity contribution is 6.05. The molecule has 0 aliphatic heterocycles. The summed E-state index contributed by atoms with van der Waals surface area (Å²) in [7, 11) is 0. The molecule has 22 heavy (non-hydrogen) atoms. The van der Waals surface area contributed by atoms with Gasteiger partial charge in [-0.05, 0) is 24.3 Å². The number of rotatable bonds is 2. The van der Waals surface area contributed by atoms with Crippen LogP contribution in [0.2, 0.25) is 0 Å². The predicted octanol–water partition coefficient (Wildman–Crippen LogP) is 3.61. The van der Waals surface area contributed by atoms with Gasteiger partial charge >= 0.3 is 6.18 Å². The molecule has 3 rings (SSSR count). The number of carbonyl (C=O) groups is 1. The van der Waals surface area contributed by atoms with Crippen LogP contribution >= 0.6 is 0 Å². The van der Waals surface area contributed by atoms with Crippen molar-refractivity contribution >= 4 is 17.4 Å². The van der Waals surface area contributed by atoms with E-state index in [2.05, 4.69) is 10.3 Å². The number of carbonyl (C=O) groups excluding carboxylic acids is 1. The Hall–Kier alpha value is -2.83. The smallest absolute Gasteiger partial charge is 0.305 e. The fraction of sp³-hybridized carbons (Fsp3) is 0.0667. The first kappa shape index (κ1) is 14.1. The number of nitrogens with zero attached hydrogens (tertiary/aromatic N) is 2. The van der Waals surface area contributed by atoms with Crippen LogP contribution in [0.5, 0.6) is 0 Å². The summed E-state index contributed by atoms with van der Waals surface area (Å²) in [5.74, 6) is -0.662. The van der Waals surface area contributed by atoms with E-state index in [1.54, 1.807) is 28.8 Å². The molecule has 0 radical (unpaired) electrons. The molecule has 2 heterocycles. The maximum Gasteiger partial charge on any atom is 0.417 e. The molecule has 112 valence electrons. The first-order chi connectivity index (χ1) is 10.4. The zero-order valence-corrected chi connectivity index (χ0v) is 11.1. The molecular formula is C15H10F3N3O. The van der Waals surface area contributed by atoms with Crippen molar-refractivity contribution in [2.75, 3.05) is 5.32 Å². The van der Waals surface area contributed by atoms with E-state index in [1.165, 1.54) is 18.3 Å². The summed E-state index contributed by atoms with van der Waals surface area (Å²) in [6.07, 6.45) is -1.34. The molecule has 0 aliphatic carbocycles. The summed E-state index contributed by atoms with van der Waals surface area (Å²) in [6, 6.07) is 9.90. The molecule has 0 unspecified atom stereocenters. The van der Waals surface area contributed by atoms with Gasteiger partial charge in [0.15, 0.2) is 5.82 Å². The molecule has 1 aromatic carbocycles. The lowest BCUT2D eigenvalue weighted by Gasteiger charge is -2.11. The third-order valence-corrected chi connectivity index (χ3v) is 3.08. The minimum Gasteiger partial charge on any atom is -0.305 e. The monoisotopic (exact) mass is 305 g/mol. The van der Waals surface area contributed by atoms with Crippen LogP contribution < -0.4 is 5.32 Å². The maximum atomic E-state index is 12.9. The van der Waals surface area contributed by atoms with Crippen LogP contribution in [0.4, 0.5) is 19.0 Å². The normalized spacial score (nSPS) is 11.6. The van der Waals surface area contributed by atoms with Gasteiger partial charge in [-0.2, -0.15) is 13.2 Å². The van der Waals surface area contributed by atoms with Gasteiger partial charge in [0.25, 0.3) is 5.91 Å². The standard InChI is InChI=1S/C15H10F3N3O/c16-15(17,18)11-6-2-1-5-10(11)14(22)20-12-9-21-8-4-3-7-13(21)19-12/h1-9H,(H,20,22). The van der Waals surface area contributed by atoms with Gasteiger partial charge < -0.3 is 9.72 Å². The third-order valence-electron chi connectivity index (χ3n) is 3.08. The van der Waals surface area contributed by atoms with Gasteiger partial charge in [0.05, 0.1) is 17.3 Å². The highest BCUT2D eigenvalue weighted by atomic mass is 19.4. The van der Waals surface area contributed by atoms with E-state index in [1.807, 2.05) is 0 Å². The number of fused-ring (bicyclic) bond motifs is 1. The molecule has 0 atom stereocenters. The highest BCUT2D eigenvalue weighted by Gasteiger charge is 2.34. The van der Waals surface area contributed by atoms with Gasteiger partial charge in [0, 0.05) is 6.20 Å². The van der Waals surface area contributed by atoms with Crippen molar-refractivity contribution < 1.29 is 18.0 Å². The highest BCUT2D eigenvalue weighted by Crippen LogP contribution is 2.32. The maximum absolute atomic E-state index is 12.9. The van der Waals surface area contributed by atoms with E-state index in [0.717, 1.165) is 12.1 Å². The van der Waals surface area contributed by atoms with Gasteiger partial charge in [-0.15, -0.1) is 0 Å². The van der Waals surface area contributed by atoms with E-state index in [9.17, 15) is 18.0 Å². The number of anilines is 1. The molecule has 3 aromatic rings. The Labute approximate surface area is 123 Å². The van der Waals surface area contributed by atoms with Crippen LogP contribution in [-0.2, 0) is 6.18 Å². The zero-order valence-electron chi connectivity index (χ0n) is 11.1. The molecule has 0 bridgehead atoms. The Morgan fingerprint density at radius 1 is 1.09 bits per heavy atom. The predicted molar refractivity (Wildman–Crippen MR) is 74.6 cm³/mol. The largest absolute Gasteiger partial charge is 0.417 e. The van der Waals surface area contributed by atoms with E-state index in [0.29, 0.717) is 5.65 Å². The van der Waals surface area contributed by atoms with E-state index >= 15 is 0 Å². The van der Waals surface area contributed by atoms with Crippen LogP contribution in [0.25, 0.3) is 5.65 Å². The molecular weight excluding hydrogens is 295 g/mol. The summed E-state index contributed by atoms with van der Waals surface area (Å²) in [5.41, 5.74) is -0.828. The van der Waals surface area contributed by atoms with Crippen molar-refractivity contribution in [1.29, 1.82) is 0 Å². The van der Waals surface area contributed by atoms with E-state index in [-0.39, 0.29) is 5.82 Å². The van der Waals surface area contributed by atoms with Gasteiger partial charge in [-0.3, -0.25) is 4.79 Å². The summed E-state index contributed by atoms with van der Waals surface area (Å²) >= 11 is 0.